The van der Waals surface area contributed by atoms with Crippen molar-refractivity contribution in [3.05, 3.63) is 43.8 Å². The van der Waals surface area contributed by atoms with Crippen LogP contribution in [0.4, 0.5) is 5.69 Å². The van der Waals surface area contributed by atoms with Gasteiger partial charge in [0.15, 0.2) is 5.57 Å². The Morgan fingerprint density at radius 2 is 2.06 bits per heavy atom. The Kier molecular flexibility index (Phi) is 8.89. The monoisotopic (exact) mass is 439 g/mol. The molecule has 0 saturated heterocycles. The summed E-state index contributed by atoms with van der Waals surface area (Å²) in [7, 11) is 3.96. The summed E-state index contributed by atoms with van der Waals surface area (Å²) in [5.41, 5.74) is 0.350. The molecule has 0 aliphatic rings. The van der Waals surface area contributed by atoms with Crippen molar-refractivity contribution in [3.8, 4) is 24.2 Å². The van der Waals surface area contributed by atoms with Gasteiger partial charge in [-0.1, -0.05) is 5.92 Å². The predicted octanol–water partition coefficient (Wildman–Crippen LogP) is 0.144. The van der Waals surface area contributed by atoms with Crippen LogP contribution in [0.15, 0.2) is 29.1 Å². The van der Waals surface area contributed by atoms with E-state index >= 15 is 0 Å². The van der Waals surface area contributed by atoms with E-state index in [2.05, 4.69) is 16.6 Å². The maximum atomic E-state index is 12.7. The smallest absolute Gasteiger partial charge is 0.270 e. The van der Waals surface area contributed by atoms with E-state index in [0.717, 1.165) is 29.3 Å². The number of hydrogen-bond acceptors (Lipinski definition) is 7. The number of hydrogen-bond donors (Lipinski definition) is 2. The van der Waals surface area contributed by atoms with Crippen LogP contribution in [0.1, 0.15) is 6.92 Å². The molecule has 8 nitrogen and oxygen atoms in total. The van der Waals surface area contributed by atoms with Gasteiger partial charge in [0.1, 0.15) is 27.6 Å². The molecule has 0 radical (unpaired) electrons. The minimum absolute atomic E-state index is 0.00113. The van der Waals surface area contributed by atoms with Crippen molar-refractivity contribution in [2.24, 2.45) is 0 Å². The lowest BCUT2D eigenvalue weighted by Gasteiger charge is -2.11. The molecule has 1 aromatic carbocycles. The van der Waals surface area contributed by atoms with Crippen molar-refractivity contribution in [2.75, 3.05) is 39.1 Å². The van der Waals surface area contributed by atoms with E-state index in [1.165, 1.54) is 4.57 Å². The van der Waals surface area contributed by atoms with Crippen LogP contribution in [0.2, 0.25) is 0 Å². The summed E-state index contributed by atoms with van der Waals surface area (Å²) >= 11 is 1.07. The molecule has 0 saturated carbocycles. The molecule has 0 bridgehead atoms. The number of anilines is 1. The molecule has 0 aliphatic heterocycles. The summed E-state index contributed by atoms with van der Waals surface area (Å²) in [5.74, 6) is 2.44. The highest BCUT2D eigenvalue weighted by atomic mass is 32.1. The van der Waals surface area contributed by atoms with Gasteiger partial charge in [0.2, 0.25) is 0 Å². The van der Waals surface area contributed by atoms with Crippen LogP contribution in [-0.2, 0) is 11.3 Å². The quantitative estimate of drug-likeness (QED) is 0.540. The Labute approximate surface area is 185 Å². The number of likely N-dealkylation sites (N-methyl/N-ethyl adjacent to an activating group) is 1. The molecule has 0 aliphatic carbocycles. The summed E-state index contributed by atoms with van der Waals surface area (Å²) in [4.78, 5) is 27.0. The first-order chi connectivity index (χ1) is 14.9. The lowest BCUT2D eigenvalue weighted by molar-refractivity contribution is -0.115. The molecule has 1 amide bonds. The zero-order chi connectivity index (χ0) is 22.8. The number of carbonyl (C=O) groups excluding carboxylic acids is 1. The fourth-order valence-corrected chi connectivity index (χ4v) is 3.64. The Morgan fingerprint density at radius 3 is 2.65 bits per heavy atom. The number of aromatic nitrogens is 1. The van der Waals surface area contributed by atoms with Crippen LogP contribution < -0.4 is 30.1 Å². The number of nitrogens with zero attached hydrogens (tertiary/aromatic N) is 3. The molecule has 31 heavy (non-hydrogen) atoms. The van der Waals surface area contributed by atoms with Crippen LogP contribution in [0.25, 0.3) is 11.8 Å². The fraction of sp³-hybridized carbons (Fsp3) is 0.318. The predicted molar refractivity (Wildman–Crippen MR) is 123 cm³/mol. The third-order valence-corrected chi connectivity index (χ3v) is 5.29. The number of amides is 1. The molecule has 0 atom stereocenters. The number of benzene rings is 1. The first kappa shape index (κ1) is 23.7. The van der Waals surface area contributed by atoms with E-state index in [1.54, 1.807) is 13.1 Å². The second kappa shape index (κ2) is 11.6. The number of ether oxygens (including phenoxy) is 1. The van der Waals surface area contributed by atoms with Crippen molar-refractivity contribution < 1.29 is 9.53 Å². The van der Waals surface area contributed by atoms with Crippen LogP contribution in [-0.4, -0.2) is 49.2 Å². The molecule has 0 spiro atoms. The van der Waals surface area contributed by atoms with E-state index in [-0.39, 0.29) is 17.7 Å². The second-order valence-corrected chi connectivity index (χ2v) is 7.69. The van der Waals surface area contributed by atoms with E-state index in [9.17, 15) is 14.9 Å². The Hall–Kier alpha value is -3.53. The minimum atomic E-state index is -0.603. The van der Waals surface area contributed by atoms with Gasteiger partial charge in [0.05, 0.1) is 6.54 Å². The van der Waals surface area contributed by atoms with Crippen LogP contribution in [0.3, 0.4) is 0 Å². The SMILES string of the molecule is C#CCNC(=O)/C(C#N)=c1\s/c(=C/Nc2ccc(OCCN(C)C)cc2)c(=O)n1CC. The highest BCUT2D eigenvalue weighted by Gasteiger charge is 2.14. The van der Waals surface area contributed by atoms with Gasteiger partial charge in [0, 0.05) is 25.0 Å². The molecular formula is C22H25N5O3S. The highest BCUT2D eigenvalue weighted by molar-refractivity contribution is 7.07. The third kappa shape index (κ3) is 6.48. The van der Waals surface area contributed by atoms with Crippen molar-refractivity contribution >= 4 is 34.7 Å². The lowest BCUT2D eigenvalue weighted by atomic mass is 10.3. The maximum absolute atomic E-state index is 12.7. The van der Waals surface area contributed by atoms with Gasteiger partial charge in [-0.2, -0.15) is 5.26 Å². The maximum Gasteiger partial charge on any atom is 0.270 e. The summed E-state index contributed by atoms with van der Waals surface area (Å²) in [5, 5.41) is 15.0. The van der Waals surface area contributed by atoms with Crippen molar-refractivity contribution in [2.45, 2.75) is 13.5 Å². The summed E-state index contributed by atoms with van der Waals surface area (Å²) < 4.78 is 7.73. The molecular weight excluding hydrogens is 414 g/mol. The van der Waals surface area contributed by atoms with Gasteiger partial charge in [0.25, 0.3) is 11.5 Å². The number of nitriles is 1. The largest absolute Gasteiger partial charge is 0.492 e. The zero-order valence-corrected chi connectivity index (χ0v) is 18.6. The molecule has 2 rings (SSSR count). The molecule has 2 N–H and O–H groups in total. The lowest BCUT2D eigenvalue weighted by Crippen LogP contribution is -2.34. The minimum Gasteiger partial charge on any atom is -0.492 e. The molecule has 9 heteroatoms. The van der Waals surface area contributed by atoms with E-state index in [0.29, 0.717) is 22.3 Å². The topological polar surface area (TPSA) is 99.4 Å². The first-order valence-electron chi connectivity index (χ1n) is 9.61. The van der Waals surface area contributed by atoms with Crippen molar-refractivity contribution in [3.63, 3.8) is 0 Å². The van der Waals surface area contributed by atoms with Gasteiger partial charge in [-0.05, 0) is 45.3 Å². The van der Waals surface area contributed by atoms with Crippen molar-refractivity contribution in [1.82, 2.24) is 14.8 Å². The fourth-order valence-electron chi connectivity index (χ4n) is 2.55. The normalized spacial score (nSPS) is 12.1. The van der Waals surface area contributed by atoms with Crippen LogP contribution >= 0.6 is 11.3 Å². The number of rotatable bonds is 9. The molecule has 162 valence electrons. The van der Waals surface area contributed by atoms with Gasteiger partial charge in [-0.25, -0.2) is 0 Å². The Balaban J connectivity index is 2.29. The molecule has 0 unspecified atom stereocenters. The van der Waals surface area contributed by atoms with Gasteiger partial charge in [-0.15, -0.1) is 17.8 Å². The second-order valence-electron chi connectivity index (χ2n) is 6.66. The molecule has 1 aromatic heterocycles. The highest BCUT2D eigenvalue weighted by Crippen LogP contribution is 2.15. The summed E-state index contributed by atoms with van der Waals surface area (Å²) in [6.45, 7) is 3.51. The summed E-state index contributed by atoms with van der Waals surface area (Å²) in [6, 6.07) is 9.25. The van der Waals surface area contributed by atoms with Crippen LogP contribution in [0.5, 0.6) is 5.75 Å². The number of thiazole rings is 1. The molecule has 1 heterocycles. The zero-order valence-electron chi connectivity index (χ0n) is 17.8. The molecule has 0 fully saturated rings. The van der Waals surface area contributed by atoms with Gasteiger partial charge in [-0.3, -0.25) is 14.2 Å². The Morgan fingerprint density at radius 1 is 1.35 bits per heavy atom. The average Bonchev–Trinajstić information content (AvgIpc) is 3.07. The average molecular weight is 440 g/mol. The number of carbonyl (C=O) groups is 1. The first-order valence-corrected chi connectivity index (χ1v) is 10.4. The third-order valence-electron chi connectivity index (χ3n) is 4.16. The standard InChI is InChI=1S/C22H25N5O3S/c1-5-11-24-20(28)18(14-23)22-27(6-2)21(29)19(31-22)15-25-16-7-9-17(10-8-16)30-13-12-26(3)4/h1,7-10,15,25H,6,11-13H2,2-4H3,(H,24,28)/b19-15+,22-18-. The van der Waals surface area contributed by atoms with Gasteiger partial charge < -0.3 is 20.3 Å². The van der Waals surface area contributed by atoms with E-state index < -0.39 is 5.91 Å². The van der Waals surface area contributed by atoms with Crippen molar-refractivity contribution in [1.29, 1.82) is 5.26 Å². The number of nitrogens with one attached hydrogen (secondary N) is 2. The summed E-state index contributed by atoms with van der Waals surface area (Å²) in [6.07, 6.45) is 6.72. The Bertz CT molecular complexity index is 1160. The molecule has 2 aromatic rings. The van der Waals surface area contributed by atoms with E-state index in [4.69, 9.17) is 11.2 Å². The van der Waals surface area contributed by atoms with Crippen LogP contribution in [0, 0.1) is 23.7 Å². The van der Waals surface area contributed by atoms with E-state index in [1.807, 2.05) is 49.3 Å². The number of terminal acetylenes is 1. The van der Waals surface area contributed by atoms with Gasteiger partial charge >= 0.3 is 0 Å².